The van der Waals surface area contributed by atoms with Gasteiger partial charge in [-0.05, 0) is 24.3 Å². The van der Waals surface area contributed by atoms with E-state index in [-0.39, 0.29) is 5.76 Å². The van der Waals surface area contributed by atoms with E-state index in [0.717, 1.165) is 11.1 Å². The zero-order valence-corrected chi connectivity index (χ0v) is 13.8. The van der Waals surface area contributed by atoms with E-state index >= 15 is 0 Å². The van der Waals surface area contributed by atoms with Gasteiger partial charge >= 0.3 is 0 Å². The summed E-state index contributed by atoms with van der Waals surface area (Å²) in [5.74, 6) is 0.331. The number of aliphatic hydroxyl groups is 1. The van der Waals surface area contributed by atoms with Crippen LogP contribution in [-0.4, -0.2) is 37.9 Å². The Bertz CT molecular complexity index is 812. The third kappa shape index (κ3) is 3.54. The second-order valence-corrected chi connectivity index (χ2v) is 5.33. The van der Waals surface area contributed by atoms with E-state index in [1.54, 1.807) is 25.5 Å². The minimum absolute atomic E-state index is 0.348. The molecule has 0 amide bonds. The Morgan fingerprint density at radius 2 is 1.92 bits per heavy atom. The highest BCUT2D eigenvalue weighted by molar-refractivity contribution is 6.00. The zero-order chi connectivity index (χ0) is 17.6. The number of nitrogens with zero attached hydrogens (tertiary/aromatic N) is 2. The smallest absolute Gasteiger partial charge is 0.186 e. The predicted octanol–water partition coefficient (Wildman–Crippen LogP) is 2.99. The van der Waals surface area contributed by atoms with Gasteiger partial charge in [0.1, 0.15) is 18.1 Å². The standard InChI is InChI=1S/C19H18N2O4/c1-24-10-11-25-16-8-6-15(7-9-16)21-19(18(23)13-22)17-5-3-2-4-14(17)12-20-21/h2-9,12-13,23H,10-11H2,1H3. The molecule has 0 atom stereocenters. The molecule has 2 aromatic rings. The number of hydrogen-bond acceptors (Lipinski definition) is 6. The van der Waals surface area contributed by atoms with Crippen molar-refractivity contribution in [2.45, 2.75) is 0 Å². The van der Waals surface area contributed by atoms with Gasteiger partial charge in [0.25, 0.3) is 0 Å². The van der Waals surface area contributed by atoms with Gasteiger partial charge in [-0.2, -0.15) is 5.10 Å². The van der Waals surface area contributed by atoms with Crippen LogP contribution in [0.4, 0.5) is 5.69 Å². The minimum Gasteiger partial charge on any atom is -0.503 e. The number of rotatable bonds is 6. The topological polar surface area (TPSA) is 71.4 Å². The van der Waals surface area contributed by atoms with Crippen molar-refractivity contribution in [2.24, 2.45) is 5.10 Å². The van der Waals surface area contributed by atoms with E-state index in [0.29, 0.717) is 36.6 Å². The van der Waals surface area contributed by atoms with Crippen molar-refractivity contribution in [1.82, 2.24) is 0 Å². The molecule has 1 aliphatic rings. The largest absolute Gasteiger partial charge is 0.503 e. The second kappa shape index (κ2) is 7.63. The van der Waals surface area contributed by atoms with E-state index in [1.807, 2.05) is 36.4 Å². The van der Waals surface area contributed by atoms with Crippen molar-refractivity contribution < 1.29 is 19.4 Å². The number of carbonyl (C=O) groups excluding carboxylic acids is 1. The molecule has 25 heavy (non-hydrogen) atoms. The molecule has 0 aromatic heterocycles. The molecule has 0 spiro atoms. The fourth-order valence-electron chi connectivity index (χ4n) is 2.54. The Labute approximate surface area is 145 Å². The van der Waals surface area contributed by atoms with Gasteiger partial charge in [-0.1, -0.05) is 24.3 Å². The number of hydrazone groups is 1. The molecule has 0 fully saturated rings. The first-order valence-electron chi connectivity index (χ1n) is 7.78. The van der Waals surface area contributed by atoms with Crippen molar-refractivity contribution in [3.8, 4) is 5.75 Å². The molecule has 0 bridgehead atoms. The zero-order valence-electron chi connectivity index (χ0n) is 13.8. The minimum atomic E-state index is -0.371. The van der Waals surface area contributed by atoms with Gasteiger partial charge in [0.15, 0.2) is 12.0 Å². The van der Waals surface area contributed by atoms with Crippen molar-refractivity contribution >= 4 is 23.9 Å². The lowest BCUT2D eigenvalue weighted by Crippen LogP contribution is -2.22. The Balaban J connectivity index is 1.92. The van der Waals surface area contributed by atoms with Gasteiger partial charge in [0.05, 0.1) is 18.5 Å². The molecule has 1 N–H and O–H groups in total. The average Bonchev–Trinajstić information content (AvgIpc) is 2.67. The first kappa shape index (κ1) is 16.7. The van der Waals surface area contributed by atoms with E-state index in [9.17, 15) is 9.90 Å². The molecule has 6 nitrogen and oxygen atoms in total. The lowest BCUT2D eigenvalue weighted by atomic mass is 10.0. The summed E-state index contributed by atoms with van der Waals surface area (Å²) in [5, 5.41) is 16.0. The normalized spacial score (nSPS) is 14.8. The summed E-state index contributed by atoms with van der Waals surface area (Å²) in [5.41, 5.74) is 2.62. The van der Waals surface area contributed by atoms with Crippen molar-refractivity contribution in [3.63, 3.8) is 0 Å². The fourth-order valence-corrected chi connectivity index (χ4v) is 2.54. The number of ether oxygens (including phenoxy) is 2. The van der Waals surface area contributed by atoms with E-state index in [1.165, 1.54) is 5.01 Å². The first-order chi connectivity index (χ1) is 12.2. The Morgan fingerprint density at radius 1 is 1.16 bits per heavy atom. The number of benzene rings is 2. The second-order valence-electron chi connectivity index (χ2n) is 5.33. The SMILES string of the molecule is COCCOc1ccc(N2N=Cc3ccccc3C2=C(O)C=O)cc1. The van der Waals surface area contributed by atoms with Crippen LogP contribution in [0.2, 0.25) is 0 Å². The fraction of sp³-hybridized carbons (Fsp3) is 0.158. The summed E-state index contributed by atoms with van der Waals surface area (Å²) in [6.45, 7) is 0.969. The maximum atomic E-state index is 11.2. The molecule has 0 aliphatic carbocycles. The molecular weight excluding hydrogens is 320 g/mol. The van der Waals surface area contributed by atoms with E-state index in [4.69, 9.17) is 9.47 Å². The number of aliphatic hydroxyl groups excluding tert-OH is 1. The highest BCUT2D eigenvalue weighted by atomic mass is 16.5. The molecule has 0 unspecified atom stereocenters. The number of hydrogen-bond donors (Lipinski definition) is 1. The molecule has 1 heterocycles. The van der Waals surface area contributed by atoms with Crippen molar-refractivity contribution in [1.29, 1.82) is 0 Å². The van der Waals surface area contributed by atoms with Gasteiger partial charge in [0, 0.05) is 18.2 Å². The predicted molar refractivity (Wildman–Crippen MR) is 95.9 cm³/mol. The maximum absolute atomic E-state index is 11.2. The Hall–Kier alpha value is -3.12. The van der Waals surface area contributed by atoms with Crippen LogP contribution in [0.1, 0.15) is 11.1 Å². The summed E-state index contributed by atoms with van der Waals surface area (Å²) in [4.78, 5) is 11.2. The van der Waals surface area contributed by atoms with E-state index in [2.05, 4.69) is 5.10 Å². The molecule has 6 heteroatoms. The molecule has 1 aliphatic heterocycles. The Morgan fingerprint density at radius 3 is 2.64 bits per heavy atom. The van der Waals surface area contributed by atoms with Crippen molar-refractivity contribution in [2.75, 3.05) is 25.3 Å². The van der Waals surface area contributed by atoms with Crippen LogP contribution in [0.5, 0.6) is 5.75 Å². The molecule has 3 rings (SSSR count). The van der Waals surface area contributed by atoms with Gasteiger partial charge in [-0.25, -0.2) is 5.01 Å². The lowest BCUT2D eigenvalue weighted by molar-refractivity contribution is -0.106. The van der Waals surface area contributed by atoms with Gasteiger partial charge < -0.3 is 14.6 Å². The number of aldehydes is 1. The molecule has 128 valence electrons. The van der Waals surface area contributed by atoms with Gasteiger partial charge in [-0.15, -0.1) is 0 Å². The van der Waals surface area contributed by atoms with Crippen LogP contribution in [0.15, 0.2) is 59.4 Å². The van der Waals surface area contributed by atoms with Gasteiger partial charge in [0.2, 0.25) is 0 Å². The quantitative estimate of drug-likeness (QED) is 0.379. The van der Waals surface area contributed by atoms with Gasteiger partial charge in [-0.3, -0.25) is 4.79 Å². The summed E-state index contributed by atoms with van der Waals surface area (Å²) >= 11 is 0. The van der Waals surface area contributed by atoms with E-state index < -0.39 is 0 Å². The summed E-state index contributed by atoms with van der Waals surface area (Å²) < 4.78 is 10.5. The van der Waals surface area contributed by atoms with Crippen molar-refractivity contribution in [3.05, 3.63) is 65.4 Å². The molecule has 0 radical (unpaired) electrons. The maximum Gasteiger partial charge on any atom is 0.186 e. The number of allylic oxidation sites excluding steroid dienone is 1. The molecule has 2 aromatic carbocycles. The number of methoxy groups -OCH3 is 1. The highest BCUT2D eigenvalue weighted by Crippen LogP contribution is 2.33. The molecule has 0 saturated heterocycles. The van der Waals surface area contributed by atoms with Crippen LogP contribution in [0, 0.1) is 0 Å². The summed E-state index contributed by atoms with van der Waals surface area (Å²) in [7, 11) is 1.62. The average molecular weight is 338 g/mol. The molecular formula is C19H18N2O4. The third-order valence-electron chi connectivity index (χ3n) is 3.73. The van der Waals surface area contributed by atoms with Crippen LogP contribution >= 0.6 is 0 Å². The summed E-state index contributed by atoms with van der Waals surface area (Å²) in [6.07, 6.45) is 2.11. The number of anilines is 1. The molecule has 0 saturated carbocycles. The van der Waals surface area contributed by atoms with Crippen LogP contribution in [0.3, 0.4) is 0 Å². The first-order valence-corrected chi connectivity index (χ1v) is 7.78. The number of carbonyl (C=O) groups is 1. The van der Waals surface area contributed by atoms with Crippen LogP contribution in [-0.2, 0) is 9.53 Å². The highest BCUT2D eigenvalue weighted by Gasteiger charge is 2.23. The number of fused-ring (bicyclic) bond motifs is 1. The monoisotopic (exact) mass is 338 g/mol. The van der Waals surface area contributed by atoms with Crippen LogP contribution < -0.4 is 9.75 Å². The summed E-state index contributed by atoms with van der Waals surface area (Å²) in [6, 6.07) is 14.7. The third-order valence-corrected chi connectivity index (χ3v) is 3.73. The Kier molecular flexibility index (Phi) is 5.11. The van der Waals surface area contributed by atoms with Crippen LogP contribution in [0.25, 0.3) is 5.70 Å². The lowest BCUT2D eigenvalue weighted by Gasteiger charge is -2.27.